The van der Waals surface area contributed by atoms with Crippen LogP contribution in [0.1, 0.15) is 17.4 Å². The highest BCUT2D eigenvalue weighted by atomic mass is 79.9. The third-order valence-corrected chi connectivity index (χ3v) is 2.53. The summed E-state index contributed by atoms with van der Waals surface area (Å²) in [5.74, 6) is -0.544. The Kier molecular flexibility index (Phi) is 2.78. The molecular weight excluding hydrogens is 278 g/mol. The second-order valence-corrected chi connectivity index (χ2v) is 3.84. The molecule has 0 radical (unpaired) electrons. The highest BCUT2D eigenvalue weighted by Crippen LogP contribution is 2.14. The van der Waals surface area contributed by atoms with Crippen LogP contribution in [0.4, 0.5) is 0 Å². The van der Waals surface area contributed by atoms with Gasteiger partial charge in [-0.3, -0.25) is 0 Å². The first-order valence-electron chi connectivity index (χ1n) is 4.57. The first kappa shape index (κ1) is 10.9. The second-order valence-electron chi connectivity index (χ2n) is 2.98. The zero-order valence-electron chi connectivity index (χ0n) is 8.36. The van der Waals surface area contributed by atoms with E-state index in [1.165, 1.54) is 16.8 Å². The molecule has 0 unspecified atom stereocenters. The maximum Gasteiger partial charge on any atom is 0.358 e. The Hall–Kier alpha value is -1.63. The fourth-order valence-corrected chi connectivity index (χ4v) is 1.66. The molecule has 0 bridgehead atoms. The Morgan fingerprint density at radius 1 is 1.69 bits per heavy atom. The number of nitrogens with zero attached hydrogens (tertiary/aromatic N) is 2. The maximum absolute atomic E-state index is 11.4. The highest BCUT2D eigenvalue weighted by molar-refractivity contribution is 9.10. The number of H-pyrrole nitrogens is 1. The normalized spacial score (nSPS) is 10.6. The van der Waals surface area contributed by atoms with Gasteiger partial charge < -0.3 is 9.72 Å². The summed E-state index contributed by atoms with van der Waals surface area (Å²) in [6.45, 7) is 1.97. The average molecular weight is 286 g/mol. The van der Waals surface area contributed by atoms with E-state index in [-0.39, 0.29) is 18.0 Å². The molecule has 6 nitrogen and oxygen atoms in total. The predicted molar refractivity (Wildman–Crippen MR) is 59.5 cm³/mol. The van der Waals surface area contributed by atoms with Gasteiger partial charge in [-0.1, -0.05) is 0 Å². The van der Waals surface area contributed by atoms with Crippen molar-refractivity contribution in [2.45, 2.75) is 6.92 Å². The van der Waals surface area contributed by atoms with Crippen LogP contribution in [0.3, 0.4) is 0 Å². The van der Waals surface area contributed by atoms with Gasteiger partial charge >= 0.3 is 11.7 Å². The Morgan fingerprint density at radius 3 is 3.06 bits per heavy atom. The van der Waals surface area contributed by atoms with E-state index in [2.05, 4.69) is 25.9 Å². The molecule has 2 aromatic heterocycles. The topological polar surface area (TPSA) is 76.5 Å². The van der Waals surface area contributed by atoms with Gasteiger partial charge in [-0.15, -0.1) is 0 Å². The SMILES string of the molecule is CCOC(=O)c1cn2c(=O)[nH]cc(Br)c2n1. The van der Waals surface area contributed by atoms with Gasteiger partial charge in [0.2, 0.25) is 0 Å². The van der Waals surface area contributed by atoms with Crippen molar-refractivity contribution in [3.05, 3.63) is 33.0 Å². The molecule has 0 aliphatic carbocycles. The van der Waals surface area contributed by atoms with Crippen LogP contribution >= 0.6 is 15.9 Å². The van der Waals surface area contributed by atoms with Crippen LogP contribution in [-0.2, 0) is 4.74 Å². The number of imidazole rings is 1. The molecule has 1 N–H and O–H groups in total. The van der Waals surface area contributed by atoms with Crippen LogP contribution in [0.2, 0.25) is 0 Å². The molecule has 7 heteroatoms. The van der Waals surface area contributed by atoms with E-state index >= 15 is 0 Å². The van der Waals surface area contributed by atoms with Crippen molar-refractivity contribution in [3.63, 3.8) is 0 Å². The highest BCUT2D eigenvalue weighted by Gasteiger charge is 2.14. The van der Waals surface area contributed by atoms with Crippen molar-refractivity contribution in [3.8, 4) is 0 Å². The van der Waals surface area contributed by atoms with E-state index < -0.39 is 5.97 Å². The lowest BCUT2D eigenvalue weighted by molar-refractivity contribution is 0.0520. The minimum Gasteiger partial charge on any atom is -0.461 e. The van der Waals surface area contributed by atoms with Crippen LogP contribution in [-0.4, -0.2) is 26.9 Å². The van der Waals surface area contributed by atoms with Gasteiger partial charge in [0.15, 0.2) is 11.3 Å². The standard InChI is InChI=1S/C9H8BrN3O3/c1-2-16-8(14)6-4-13-7(12-6)5(10)3-11-9(13)15/h3-4H,2H2,1H3,(H,11,15). The number of hydrogen-bond acceptors (Lipinski definition) is 4. The molecular formula is C9H8BrN3O3. The minimum atomic E-state index is -0.544. The summed E-state index contributed by atoms with van der Waals surface area (Å²) in [4.78, 5) is 29.3. The molecule has 2 heterocycles. The molecule has 0 amide bonds. The summed E-state index contributed by atoms with van der Waals surface area (Å²) in [6.07, 6.45) is 2.82. The molecule has 84 valence electrons. The number of fused-ring (bicyclic) bond motifs is 1. The summed E-state index contributed by atoms with van der Waals surface area (Å²) < 4.78 is 6.64. The lowest BCUT2D eigenvalue weighted by Gasteiger charge is -1.95. The predicted octanol–water partition coefficient (Wildman–Crippen LogP) is 0.962. The number of aromatic nitrogens is 3. The quantitative estimate of drug-likeness (QED) is 0.834. The zero-order valence-corrected chi connectivity index (χ0v) is 9.94. The van der Waals surface area contributed by atoms with Gasteiger partial charge in [0.1, 0.15) is 0 Å². The third kappa shape index (κ3) is 1.73. The summed E-state index contributed by atoms with van der Waals surface area (Å²) in [5, 5.41) is 0. The van der Waals surface area contributed by atoms with Gasteiger partial charge in [-0.05, 0) is 22.9 Å². The first-order valence-corrected chi connectivity index (χ1v) is 5.36. The molecule has 2 aromatic rings. The van der Waals surface area contributed by atoms with E-state index in [4.69, 9.17) is 4.74 Å². The Labute approximate surface area is 98.4 Å². The largest absolute Gasteiger partial charge is 0.461 e. The Balaban J connectivity index is 2.60. The van der Waals surface area contributed by atoms with Gasteiger partial charge in [0, 0.05) is 12.4 Å². The van der Waals surface area contributed by atoms with Crippen molar-refractivity contribution in [2.75, 3.05) is 6.61 Å². The first-order chi connectivity index (χ1) is 7.63. The third-order valence-electron chi connectivity index (χ3n) is 1.95. The van der Waals surface area contributed by atoms with Crippen molar-refractivity contribution in [1.29, 1.82) is 0 Å². The number of aromatic amines is 1. The van der Waals surface area contributed by atoms with Crippen LogP contribution in [0.15, 0.2) is 21.7 Å². The number of carbonyl (C=O) groups excluding carboxylic acids is 1. The molecule has 16 heavy (non-hydrogen) atoms. The molecule has 2 rings (SSSR count). The van der Waals surface area contributed by atoms with Gasteiger partial charge in [0.25, 0.3) is 0 Å². The van der Waals surface area contributed by atoms with Gasteiger partial charge in [0.05, 0.1) is 11.1 Å². The minimum absolute atomic E-state index is 0.110. The molecule has 0 aliphatic rings. The number of carbonyl (C=O) groups is 1. The average Bonchev–Trinajstić information content (AvgIpc) is 2.70. The Bertz CT molecular complexity index is 602. The fourth-order valence-electron chi connectivity index (χ4n) is 1.27. The van der Waals surface area contributed by atoms with E-state index in [0.717, 1.165) is 0 Å². The molecule has 0 aliphatic heterocycles. The monoisotopic (exact) mass is 285 g/mol. The summed E-state index contributed by atoms with van der Waals surface area (Å²) in [5.41, 5.74) is 0.132. The second kappa shape index (κ2) is 4.09. The van der Waals surface area contributed by atoms with Gasteiger partial charge in [-0.25, -0.2) is 19.0 Å². The van der Waals surface area contributed by atoms with Crippen molar-refractivity contribution < 1.29 is 9.53 Å². The van der Waals surface area contributed by atoms with Crippen molar-refractivity contribution in [1.82, 2.24) is 14.4 Å². The number of ether oxygens (including phenoxy) is 1. The molecule has 0 saturated heterocycles. The van der Waals surface area contributed by atoms with Crippen LogP contribution in [0.5, 0.6) is 0 Å². The molecule has 0 saturated carbocycles. The van der Waals surface area contributed by atoms with Gasteiger partial charge in [-0.2, -0.15) is 0 Å². The van der Waals surface area contributed by atoms with Crippen molar-refractivity contribution in [2.24, 2.45) is 0 Å². The molecule has 0 atom stereocenters. The number of hydrogen-bond donors (Lipinski definition) is 1. The van der Waals surface area contributed by atoms with Crippen molar-refractivity contribution >= 4 is 27.5 Å². The Morgan fingerprint density at radius 2 is 2.44 bits per heavy atom. The summed E-state index contributed by atoms with van der Waals surface area (Å²) in [7, 11) is 0. The van der Waals surface area contributed by atoms with Crippen LogP contribution < -0.4 is 5.69 Å². The number of esters is 1. The lowest BCUT2D eigenvalue weighted by atomic mass is 10.5. The van der Waals surface area contributed by atoms with E-state index in [1.54, 1.807) is 6.92 Å². The molecule has 0 aromatic carbocycles. The smallest absolute Gasteiger partial charge is 0.358 e. The van der Waals surface area contributed by atoms with Crippen LogP contribution in [0.25, 0.3) is 5.65 Å². The summed E-state index contributed by atoms with van der Waals surface area (Å²) >= 11 is 3.23. The fraction of sp³-hybridized carbons (Fsp3) is 0.222. The molecule has 0 spiro atoms. The molecule has 0 fully saturated rings. The lowest BCUT2D eigenvalue weighted by Crippen LogP contribution is -2.14. The number of halogens is 1. The van der Waals surface area contributed by atoms with E-state index in [9.17, 15) is 9.59 Å². The summed E-state index contributed by atoms with van der Waals surface area (Å²) in [6, 6.07) is 0. The maximum atomic E-state index is 11.4. The van der Waals surface area contributed by atoms with E-state index in [0.29, 0.717) is 10.1 Å². The number of rotatable bonds is 2. The van der Waals surface area contributed by atoms with E-state index in [1.807, 2.05) is 0 Å². The van der Waals surface area contributed by atoms with Crippen LogP contribution in [0, 0.1) is 0 Å². The zero-order chi connectivity index (χ0) is 11.7. The number of nitrogens with one attached hydrogen (secondary N) is 1.